The maximum absolute atomic E-state index is 5.64. The van der Waals surface area contributed by atoms with E-state index in [9.17, 15) is 0 Å². The fourth-order valence-electron chi connectivity index (χ4n) is 3.53. The number of fused-ring (bicyclic) bond motifs is 1. The molecule has 0 amide bonds. The fourth-order valence-corrected chi connectivity index (χ4v) is 3.53. The molecule has 0 saturated carbocycles. The van der Waals surface area contributed by atoms with Crippen molar-refractivity contribution in [3.05, 3.63) is 30.2 Å². The van der Waals surface area contributed by atoms with Crippen LogP contribution in [0, 0.1) is 0 Å². The van der Waals surface area contributed by atoms with E-state index in [1.165, 1.54) is 18.4 Å². The third-order valence-electron chi connectivity index (χ3n) is 4.73. The van der Waals surface area contributed by atoms with Crippen molar-refractivity contribution >= 4 is 35.3 Å². The molecule has 2 aromatic rings. The standard InChI is InChI=1S/C19H27N7/c1-14(10-22-13-21-2)16-11-25-19-18(16)17(5-7-24-19)26-9-3-4-15(12-26)23-8-6-20/h5,7,10-11,13,15,23H,2-4,6,8-9,12,20H2,1H3,(H,24,25)/b14-10+,22-13?. The summed E-state index contributed by atoms with van der Waals surface area (Å²) >= 11 is 0. The lowest BCUT2D eigenvalue weighted by Gasteiger charge is -2.35. The Balaban J connectivity index is 1.93. The minimum Gasteiger partial charge on any atom is -0.369 e. The molecule has 0 aromatic carbocycles. The maximum atomic E-state index is 5.64. The second-order valence-corrected chi connectivity index (χ2v) is 6.54. The summed E-state index contributed by atoms with van der Waals surface area (Å²) in [5.41, 5.74) is 9.91. The Morgan fingerprint density at radius 2 is 2.46 bits per heavy atom. The number of piperidine rings is 1. The van der Waals surface area contributed by atoms with Crippen LogP contribution in [0.2, 0.25) is 0 Å². The molecular formula is C19H27N7. The van der Waals surface area contributed by atoms with E-state index >= 15 is 0 Å². The van der Waals surface area contributed by atoms with Crippen molar-refractivity contribution in [1.29, 1.82) is 0 Å². The first kappa shape index (κ1) is 18.3. The number of hydrogen-bond donors (Lipinski definition) is 3. The molecular weight excluding hydrogens is 326 g/mol. The molecule has 138 valence electrons. The summed E-state index contributed by atoms with van der Waals surface area (Å²) in [7, 11) is 0. The van der Waals surface area contributed by atoms with E-state index in [4.69, 9.17) is 5.73 Å². The Bertz CT molecular complexity index is 805. The van der Waals surface area contributed by atoms with Crippen LogP contribution in [0.3, 0.4) is 0 Å². The molecule has 0 spiro atoms. The van der Waals surface area contributed by atoms with Gasteiger partial charge in [-0.3, -0.25) is 4.99 Å². The first-order valence-corrected chi connectivity index (χ1v) is 9.03. The second-order valence-electron chi connectivity index (χ2n) is 6.54. The van der Waals surface area contributed by atoms with Gasteiger partial charge in [-0.1, -0.05) is 0 Å². The lowest BCUT2D eigenvalue weighted by Crippen LogP contribution is -2.47. The average Bonchev–Trinajstić information content (AvgIpc) is 3.11. The van der Waals surface area contributed by atoms with Gasteiger partial charge in [0.05, 0.1) is 0 Å². The molecule has 4 N–H and O–H groups in total. The van der Waals surface area contributed by atoms with Gasteiger partial charge in [0.15, 0.2) is 0 Å². The molecule has 26 heavy (non-hydrogen) atoms. The summed E-state index contributed by atoms with van der Waals surface area (Å²) in [6, 6.07) is 2.57. The predicted molar refractivity (Wildman–Crippen MR) is 110 cm³/mol. The second kappa shape index (κ2) is 8.73. The summed E-state index contributed by atoms with van der Waals surface area (Å²) in [6.45, 7) is 9.00. The molecule has 1 aliphatic heterocycles. The van der Waals surface area contributed by atoms with Gasteiger partial charge in [0.25, 0.3) is 0 Å². The van der Waals surface area contributed by atoms with Crippen molar-refractivity contribution in [3.8, 4) is 0 Å². The molecule has 3 heterocycles. The van der Waals surface area contributed by atoms with Crippen molar-refractivity contribution in [2.75, 3.05) is 31.1 Å². The maximum Gasteiger partial charge on any atom is 0.139 e. The number of nitrogens with two attached hydrogens (primary N) is 1. The summed E-state index contributed by atoms with van der Waals surface area (Å²) in [6.07, 6.45) is 9.46. The van der Waals surface area contributed by atoms with Crippen LogP contribution in [-0.2, 0) is 0 Å². The number of H-pyrrole nitrogens is 1. The highest BCUT2D eigenvalue weighted by molar-refractivity contribution is 5.99. The zero-order valence-electron chi connectivity index (χ0n) is 15.3. The molecule has 1 saturated heterocycles. The number of hydrogen-bond acceptors (Lipinski definition) is 5. The highest BCUT2D eigenvalue weighted by Crippen LogP contribution is 2.33. The van der Waals surface area contributed by atoms with Crippen LogP contribution in [0.15, 0.2) is 34.6 Å². The van der Waals surface area contributed by atoms with Gasteiger partial charge >= 0.3 is 0 Å². The number of nitrogens with one attached hydrogen (secondary N) is 2. The van der Waals surface area contributed by atoms with Gasteiger partial charge in [0.1, 0.15) is 12.0 Å². The molecule has 0 bridgehead atoms. The van der Waals surface area contributed by atoms with Crippen LogP contribution < -0.4 is 16.0 Å². The third-order valence-corrected chi connectivity index (χ3v) is 4.73. The largest absolute Gasteiger partial charge is 0.369 e. The van der Waals surface area contributed by atoms with Crippen molar-refractivity contribution in [2.45, 2.75) is 25.8 Å². The molecule has 2 aromatic heterocycles. The molecule has 1 fully saturated rings. The van der Waals surface area contributed by atoms with E-state index in [2.05, 4.69) is 43.0 Å². The van der Waals surface area contributed by atoms with Crippen LogP contribution in [0.5, 0.6) is 0 Å². The van der Waals surface area contributed by atoms with Crippen LogP contribution in [0.1, 0.15) is 25.3 Å². The molecule has 1 unspecified atom stereocenters. The van der Waals surface area contributed by atoms with Crippen LogP contribution in [0.25, 0.3) is 16.6 Å². The summed E-state index contributed by atoms with van der Waals surface area (Å²) in [5, 5.41) is 4.69. The molecule has 7 heteroatoms. The van der Waals surface area contributed by atoms with E-state index < -0.39 is 0 Å². The summed E-state index contributed by atoms with van der Waals surface area (Å²) in [5.74, 6) is 0. The van der Waals surface area contributed by atoms with Crippen LogP contribution in [-0.4, -0.2) is 55.2 Å². The first-order valence-electron chi connectivity index (χ1n) is 9.03. The Morgan fingerprint density at radius 3 is 3.27 bits per heavy atom. The minimum absolute atomic E-state index is 0.470. The lowest BCUT2D eigenvalue weighted by atomic mass is 10.0. The van der Waals surface area contributed by atoms with E-state index in [1.54, 1.807) is 6.20 Å². The van der Waals surface area contributed by atoms with Crippen molar-refractivity contribution in [1.82, 2.24) is 15.3 Å². The predicted octanol–water partition coefficient (Wildman–Crippen LogP) is 2.17. The average molecular weight is 353 g/mol. The SMILES string of the molecule is C=NC=N/C=C(\C)c1c[nH]c2nccc(N3CCCC(NCCN)C3)c12. The molecule has 3 rings (SSSR count). The zero-order valence-corrected chi connectivity index (χ0v) is 15.3. The zero-order chi connectivity index (χ0) is 18.4. The van der Waals surface area contributed by atoms with Gasteiger partial charge in [-0.05, 0) is 38.1 Å². The number of anilines is 1. The van der Waals surface area contributed by atoms with Gasteiger partial charge in [0, 0.05) is 67.5 Å². The van der Waals surface area contributed by atoms with Gasteiger partial charge in [-0.2, -0.15) is 0 Å². The lowest BCUT2D eigenvalue weighted by molar-refractivity contribution is 0.427. The number of aromatic nitrogens is 2. The molecule has 0 radical (unpaired) electrons. The molecule has 7 nitrogen and oxygen atoms in total. The number of aliphatic imine (C=N–C) groups is 2. The van der Waals surface area contributed by atoms with Crippen molar-refractivity contribution in [2.24, 2.45) is 15.7 Å². The minimum atomic E-state index is 0.470. The number of rotatable bonds is 7. The van der Waals surface area contributed by atoms with E-state index in [0.29, 0.717) is 12.6 Å². The topological polar surface area (TPSA) is 94.7 Å². The van der Waals surface area contributed by atoms with Gasteiger partial charge in [0.2, 0.25) is 0 Å². The van der Waals surface area contributed by atoms with Gasteiger partial charge < -0.3 is 20.9 Å². The van der Waals surface area contributed by atoms with E-state index in [1.807, 2.05) is 19.3 Å². The molecule has 1 aliphatic rings. The smallest absolute Gasteiger partial charge is 0.139 e. The van der Waals surface area contributed by atoms with Crippen molar-refractivity contribution < 1.29 is 0 Å². The Morgan fingerprint density at radius 1 is 1.58 bits per heavy atom. The quantitative estimate of drug-likeness (QED) is 0.525. The van der Waals surface area contributed by atoms with E-state index in [-0.39, 0.29) is 0 Å². The number of aromatic amines is 1. The monoisotopic (exact) mass is 353 g/mol. The van der Waals surface area contributed by atoms with Crippen LogP contribution >= 0.6 is 0 Å². The Kier molecular flexibility index (Phi) is 6.14. The summed E-state index contributed by atoms with van der Waals surface area (Å²) in [4.78, 5) is 18.0. The fraction of sp³-hybridized carbons (Fsp3) is 0.421. The third kappa shape index (κ3) is 4.00. The molecule has 1 atom stereocenters. The number of nitrogens with zero attached hydrogens (tertiary/aromatic N) is 4. The molecule has 0 aliphatic carbocycles. The Labute approximate surface area is 154 Å². The summed E-state index contributed by atoms with van der Waals surface area (Å²) < 4.78 is 0. The number of pyridine rings is 1. The number of allylic oxidation sites excluding steroid dienone is 1. The van der Waals surface area contributed by atoms with Gasteiger partial charge in [-0.25, -0.2) is 9.98 Å². The highest BCUT2D eigenvalue weighted by Gasteiger charge is 2.22. The van der Waals surface area contributed by atoms with Gasteiger partial charge in [-0.15, -0.1) is 0 Å². The van der Waals surface area contributed by atoms with Crippen LogP contribution in [0.4, 0.5) is 5.69 Å². The first-order chi connectivity index (χ1) is 12.7. The van der Waals surface area contributed by atoms with Crippen molar-refractivity contribution in [3.63, 3.8) is 0 Å². The Hall–Kier alpha value is -2.51. The normalized spacial score (nSPS) is 18.8. The highest BCUT2D eigenvalue weighted by atomic mass is 15.2. The van der Waals surface area contributed by atoms with E-state index in [0.717, 1.165) is 48.2 Å².